The summed E-state index contributed by atoms with van der Waals surface area (Å²) in [6.45, 7) is 2.02. The molecule has 0 saturated heterocycles. The largest absolute Gasteiger partial charge is 0.462 e. The van der Waals surface area contributed by atoms with Gasteiger partial charge in [-0.2, -0.15) is 0 Å². The number of nitrogens with two attached hydrogens (primary N) is 1. The van der Waals surface area contributed by atoms with E-state index in [0.717, 1.165) is 16.0 Å². The molecule has 27 heavy (non-hydrogen) atoms. The van der Waals surface area contributed by atoms with Crippen LogP contribution >= 0.6 is 22.7 Å². The van der Waals surface area contributed by atoms with Crippen LogP contribution in [0.1, 0.15) is 22.8 Å². The lowest BCUT2D eigenvalue weighted by Crippen LogP contribution is -2.12. The molecule has 3 aromatic rings. The van der Waals surface area contributed by atoms with Crippen LogP contribution in [0.2, 0.25) is 0 Å². The number of carbonyl (C=O) groups is 2. The molecule has 2 aromatic heterocycles. The van der Waals surface area contributed by atoms with Gasteiger partial charge in [-0.15, -0.1) is 22.7 Å². The van der Waals surface area contributed by atoms with Crippen LogP contribution in [0.4, 0.5) is 10.7 Å². The minimum atomic E-state index is -0.444. The molecular weight excluding hydrogens is 380 g/mol. The van der Waals surface area contributed by atoms with Gasteiger partial charge in [0.05, 0.1) is 6.61 Å². The van der Waals surface area contributed by atoms with Crippen LogP contribution in [0.15, 0.2) is 53.2 Å². The Morgan fingerprint density at radius 2 is 1.96 bits per heavy atom. The maximum absolute atomic E-state index is 12.4. The molecule has 0 unspecified atom stereocenters. The summed E-state index contributed by atoms with van der Waals surface area (Å²) in [5, 5.41) is 7.06. The molecule has 0 radical (unpaired) electrons. The van der Waals surface area contributed by atoms with Gasteiger partial charge < -0.3 is 15.8 Å². The van der Waals surface area contributed by atoms with Crippen molar-refractivity contribution < 1.29 is 14.3 Å². The molecule has 0 aliphatic rings. The fourth-order valence-corrected chi connectivity index (χ4v) is 4.18. The number of nitrogen functional groups attached to an aromatic ring is 1. The van der Waals surface area contributed by atoms with Crippen molar-refractivity contribution in [2.24, 2.45) is 0 Å². The number of amides is 1. The Kier molecular flexibility index (Phi) is 6.05. The number of hydrogen-bond acceptors (Lipinski definition) is 6. The maximum Gasteiger partial charge on any atom is 0.341 e. The minimum absolute atomic E-state index is 0.267. The average molecular weight is 399 g/mol. The number of carbonyl (C=O) groups excluding carboxylic acids is 2. The maximum atomic E-state index is 12.4. The fourth-order valence-electron chi connectivity index (χ4n) is 2.40. The Balaban J connectivity index is 1.82. The van der Waals surface area contributed by atoms with Gasteiger partial charge in [0.15, 0.2) is 0 Å². The molecule has 5 nitrogen and oxygen atoms in total. The highest BCUT2D eigenvalue weighted by Gasteiger charge is 2.22. The van der Waals surface area contributed by atoms with Gasteiger partial charge in [-0.05, 0) is 42.1 Å². The number of ether oxygens (including phenoxy) is 1. The number of anilines is 2. The van der Waals surface area contributed by atoms with E-state index in [-0.39, 0.29) is 12.5 Å². The van der Waals surface area contributed by atoms with Gasteiger partial charge in [0.1, 0.15) is 10.6 Å². The molecule has 0 fully saturated rings. The molecule has 3 rings (SSSR count). The molecule has 0 bridgehead atoms. The van der Waals surface area contributed by atoms with E-state index in [1.165, 1.54) is 28.7 Å². The molecule has 3 N–H and O–H groups in total. The standard InChI is InChI=1S/C20H18N2O3S2/c1-2-25-20(24)18-15(16-4-3-11-26-16)12-27-19(18)22-17(23)10-7-13-5-8-14(21)9-6-13/h3-12H,2,21H2,1H3,(H,22,23)/b10-7+. The normalized spacial score (nSPS) is 10.9. The zero-order valence-electron chi connectivity index (χ0n) is 14.6. The Morgan fingerprint density at radius 1 is 1.19 bits per heavy atom. The summed E-state index contributed by atoms with van der Waals surface area (Å²) >= 11 is 2.83. The van der Waals surface area contributed by atoms with Crippen molar-refractivity contribution >= 4 is 51.3 Å². The van der Waals surface area contributed by atoms with Crippen LogP contribution in [0.5, 0.6) is 0 Å². The lowest BCUT2D eigenvalue weighted by atomic mass is 10.1. The molecule has 0 atom stereocenters. The van der Waals surface area contributed by atoms with E-state index < -0.39 is 5.97 Å². The first kappa shape index (κ1) is 18.9. The SMILES string of the molecule is CCOC(=O)c1c(-c2cccs2)csc1NC(=O)/C=C/c1ccc(N)cc1. The number of hydrogen-bond donors (Lipinski definition) is 2. The molecule has 1 aromatic carbocycles. The first-order chi connectivity index (χ1) is 13.1. The van der Waals surface area contributed by atoms with Crippen molar-refractivity contribution in [3.05, 3.63) is 64.4 Å². The summed E-state index contributed by atoms with van der Waals surface area (Å²) < 4.78 is 5.18. The van der Waals surface area contributed by atoms with Crippen molar-refractivity contribution in [2.75, 3.05) is 17.7 Å². The van der Waals surface area contributed by atoms with Crippen molar-refractivity contribution in [3.63, 3.8) is 0 Å². The number of nitrogens with one attached hydrogen (secondary N) is 1. The molecule has 2 heterocycles. The summed E-state index contributed by atoms with van der Waals surface area (Å²) in [4.78, 5) is 25.7. The predicted octanol–water partition coefficient (Wildman–Crippen LogP) is 4.89. The molecule has 7 heteroatoms. The van der Waals surface area contributed by atoms with Crippen LogP contribution in [0.25, 0.3) is 16.5 Å². The van der Waals surface area contributed by atoms with E-state index in [2.05, 4.69) is 5.32 Å². The highest BCUT2D eigenvalue weighted by molar-refractivity contribution is 7.17. The van der Waals surface area contributed by atoms with Crippen molar-refractivity contribution in [1.29, 1.82) is 0 Å². The molecule has 138 valence electrons. The second kappa shape index (κ2) is 8.66. The van der Waals surface area contributed by atoms with Gasteiger partial charge in [0.2, 0.25) is 5.91 Å². The quantitative estimate of drug-likeness (QED) is 0.352. The molecule has 0 aliphatic heterocycles. The monoisotopic (exact) mass is 398 g/mol. The smallest absolute Gasteiger partial charge is 0.341 e. The topological polar surface area (TPSA) is 81.4 Å². The average Bonchev–Trinajstić information content (AvgIpc) is 3.31. The van der Waals surface area contributed by atoms with E-state index in [9.17, 15) is 9.59 Å². The summed E-state index contributed by atoms with van der Waals surface area (Å²) in [7, 11) is 0. The van der Waals surface area contributed by atoms with Crippen molar-refractivity contribution in [2.45, 2.75) is 6.92 Å². The number of esters is 1. The lowest BCUT2D eigenvalue weighted by Gasteiger charge is -2.06. The van der Waals surface area contributed by atoms with E-state index >= 15 is 0 Å². The van der Waals surface area contributed by atoms with E-state index in [0.29, 0.717) is 16.3 Å². The first-order valence-corrected chi connectivity index (χ1v) is 10.0. The van der Waals surface area contributed by atoms with Crippen LogP contribution in [-0.4, -0.2) is 18.5 Å². The van der Waals surface area contributed by atoms with Gasteiger partial charge in [-0.25, -0.2) is 4.79 Å². The second-order valence-corrected chi connectivity index (χ2v) is 7.37. The van der Waals surface area contributed by atoms with E-state index in [1.807, 2.05) is 35.0 Å². The van der Waals surface area contributed by atoms with Gasteiger partial charge in [-0.1, -0.05) is 18.2 Å². The van der Waals surface area contributed by atoms with Crippen molar-refractivity contribution in [3.8, 4) is 10.4 Å². The first-order valence-electron chi connectivity index (χ1n) is 8.25. The summed E-state index contributed by atoms with van der Waals surface area (Å²) in [6, 6.07) is 11.0. The van der Waals surface area contributed by atoms with Crippen molar-refractivity contribution in [1.82, 2.24) is 0 Å². The van der Waals surface area contributed by atoms with Crippen LogP contribution in [-0.2, 0) is 9.53 Å². The lowest BCUT2D eigenvalue weighted by molar-refractivity contribution is -0.111. The second-order valence-electron chi connectivity index (χ2n) is 5.54. The Morgan fingerprint density at radius 3 is 2.63 bits per heavy atom. The number of benzene rings is 1. The highest BCUT2D eigenvalue weighted by Crippen LogP contribution is 2.38. The summed E-state index contributed by atoms with van der Waals surface area (Å²) in [5.41, 5.74) is 8.33. The van der Waals surface area contributed by atoms with E-state index in [1.54, 1.807) is 25.1 Å². The van der Waals surface area contributed by atoms with Gasteiger partial charge in [0, 0.05) is 27.6 Å². The Bertz CT molecular complexity index is 958. The minimum Gasteiger partial charge on any atom is -0.462 e. The van der Waals surface area contributed by atoms with Crippen LogP contribution in [0, 0.1) is 0 Å². The molecule has 0 saturated carbocycles. The zero-order valence-corrected chi connectivity index (χ0v) is 16.2. The van der Waals surface area contributed by atoms with Crippen LogP contribution < -0.4 is 11.1 Å². The molecule has 0 spiro atoms. The van der Waals surface area contributed by atoms with Crippen LogP contribution in [0.3, 0.4) is 0 Å². The highest BCUT2D eigenvalue weighted by atomic mass is 32.1. The van der Waals surface area contributed by atoms with Gasteiger partial charge in [-0.3, -0.25) is 4.79 Å². The summed E-state index contributed by atoms with van der Waals surface area (Å²) in [6.07, 6.45) is 3.11. The molecule has 1 amide bonds. The summed E-state index contributed by atoms with van der Waals surface area (Å²) in [5.74, 6) is -0.767. The Labute approximate surface area is 165 Å². The Hall–Kier alpha value is -2.90. The third-order valence-corrected chi connectivity index (χ3v) is 5.46. The fraction of sp³-hybridized carbons (Fsp3) is 0.100. The molecular formula is C20H18N2O3S2. The number of thiophene rings is 2. The number of rotatable bonds is 6. The van der Waals surface area contributed by atoms with E-state index in [4.69, 9.17) is 10.5 Å². The zero-order chi connectivity index (χ0) is 19.2. The third-order valence-electron chi connectivity index (χ3n) is 3.66. The van der Waals surface area contributed by atoms with Gasteiger partial charge in [0.25, 0.3) is 0 Å². The van der Waals surface area contributed by atoms with Gasteiger partial charge >= 0.3 is 5.97 Å². The third kappa shape index (κ3) is 4.64. The molecule has 0 aliphatic carbocycles. The predicted molar refractivity (Wildman–Crippen MR) is 112 cm³/mol.